The lowest BCUT2D eigenvalue weighted by Crippen LogP contribution is -2.54. The van der Waals surface area contributed by atoms with Crippen LogP contribution in [0.1, 0.15) is 31.2 Å². The van der Waals surface area contributed by atoms with Crippen LogP contribution in [0.2, 0.25) is 0 Å². The van der Waals surface area contributed by atoms with E-state index < -0.39 is 11.7 Å². The fourth-order valence-electron chi connectivity index (χ4n) is 4.28. The Labute approximate surface area is 166 Å². The van der Waals surface area contributed by atoms with E-state index in [1.165, 1.54) is 6.07 Å². The van der Waals surface area contributed by atoms with Crippen LogP contribution in [-0.4, -0.2) is 36.2 Å². The smallest absolute Gasteiger partial charge is 0.366 e. The molecule has 3 heterocycles. The van der Waals surface area contributed by atoms with Gasteiger partial charge in [-0.3, -0.25) is 4.90 Å². The van der Waals surface area contributed by atoms with Crippen molar-refractivity contribution < 1.29 is 18.0 Å². The van der Waals surface area contributed by atoms with E-state index in [1.807, 2.05) is 6.07 Å². The van der Waals surface area contributed by atoms with Crippen LogP contribution in [-0.2, 0) is 6.18 Å². The predicted octanol–water partition coefficient (Wildman–Crippen LogP) is 4.43. The molecule has 1 aliphatic carbocycles. The molecule has 2 amide bonds. The van der Waals surface area contributed by atoms with Gasteiger partial charge in [0.25, 0.3) is 0 Å². The number of hydrogen-bond acceptors (Lipinski definition) is 3. The summed E-state index contributed by atoms with van der Waals surface area (Å²) >= 11 is 0. The minimum atomic E-state index is -4.41. The van der Waals surface area contributed by atoms with Crippen LogP contribution in [0.25, 0.3) is 11.3 Å². The zero-order valence-electron chi connectivity index (χ0n) is 15.7. The molecule has 1 aromatic heterocycles. The third kappa shape index (κ3) is 3.20. The van der Waals surface area contributed by atoms with Crippen LogP contribution in [0.5, 0.6) is 0 Å². The molecule has 1 N–H and O–H groups in total. The fourth-order valence-corrected chi connectivity index (χ4v) is 4.28. The monoisotopic (exact) mass is 402 g/mol. The zero-order valence-corrected chi connectivity index (χ0v) is 15.7. The Morgan fingerprint density at radius 3 is 2.69 bits per heavy atom. The van der Waals surface area contributed by atoms with Crippen LogP contribution in [0.15, 0.2) is 36.4 Å². The third-order valence-electron chi connectivity index (χ3n) is 6.09. The first kappa shape index (κ1) is 18.3. The first-order valence-corrected chi connectivity index (χ1v) is 9.93. The van der Waals surface area contributed by atoms with Gasteiger partial charge < -0.3 is 10.2 Å². The van der Waals surface area contributed by atoms with Gasteiger partial charge in [0.05, 0.1) is 23.0 Å². The van der Waals surface area contributed by atoms with Crippen molar-refractivity contribution in [2.75, 3.05) is 22.9 Å². The van der Waals surface area contributed by atoms with E-state index in [1.54, 1.807) is 17.0 Å². The number of pyridine rings is 1. The van der Waals surface area contributed by atoms with Crippen LogP contribution in [0.4, 0.5) is 29.5 Å². The number of alkyl halides is 3. The third-order valence-corrected chi connectivity index (χ3v) is 6.09. The van der Waals surface area contributed by atoms with E-state index in [4.69, 9.17) is 0 Å². The van der Waals surface area contributed by atoms with Crippen molar-refractivity contribution in [3.8, 4) is 11.3 Å². The van der Waals surface area contributed by atoms with Crippen LogP contribution < -0.4 is 15.1 Å². The molecule has 1 saturated heterocycles. The van der Waals surface area contributed by atoms with Gasteiger partial charge in [0.1, 0.15) is 0 Å². The summed E-state index contributed by atoms with van der Waals surface area (Å²) in [4.78, 5) is 21.6. The van der Waals surface area contributed by atoms with E-state index in [0.29, 0.717) is 17.1 Å². The topological polar surface area (TPSA) is 48.5 Å². The Kier molecular flexibility index (Phi) is 4.18. The maximum absolute atomic E-state index is 13.1. The second kappa shape index (κ2) is 6.64. The fraction of sp³-hybridized carbons (Fsp3) is 0.429. The number of nitrogens with one attached hydrogen (secondary N) is 1. The number of halogens is 3. The summed E-state index contributed by atoms with van der Waals surface area (Å²) in [5, 5.41) is 3.08. The highest BCUT2D eigenvalue weighted by Crippen LogP contribution is 2.41. The van der Waals surface area contributed by atoms with E-state index in [0.717, 1.165) is 56.6 Å². The highest BCUT2D eigenvalue weighted by atomic mass is 19.4. The summed E-state index contributed by atoms with van der Waals surface area (Å²) in [5.41, 5.74) is 0.963. The van der Waals surface area contributed by atoms with Crippen molar-refractivity contribution >= 4 is 17.5 Å². The number of fused-ring (bicyclic) bond motifs is 4. The average Bonchev–Trinajstić information content (AvgIpc) is 3.08. The lowest BCUT2D eigenvalue weighted by molar-refractivity contribution is -0.137. The standard InChI is InChI=1S/C21H21F3N4O/c22-21(23,24)14-4-1-3-13(11-14)17-7-8-18-19(26-17)28(16-9-10-27(18)12-16)20(29)25-15-5-2-6-15/h1,3-4,7-8,11,15-16H,2,5-6,9-10,12H2,(H,25,29)/t16-/m0/s1. The number of benzene rings is 1. The number of carbonyl (C=O) groups excluding carboxylic acids is 1. The number of nitrogens with zero attached hydrogens (tertiary/aromatic N) is 3. The summed E-state index contributed by atoms with van der Waals surface area (Å²) in [5.74, 6) is 0.533. The van der Waals surface area contributed by atoms with Crippen molar-refractivity contribution in [3.05, 3.63) is 42.0 Å². The first-order valence-electron chi connectivity index (χ1n) is 9.93. The van der Waals surface area contributed by atoms with Crippen LogP contribution in [0.3, 0.4) is 0 Å². The molecular formula is C21H21F3N4O. The molecule has 1 aromatic carbocycles. The highest BCUT2D eigenvalue weighted by molar-refractivity contribution is 5.97. The number of amides is 2. The van der Waals surface area contributed by atoms with Crippen molar-refractivity contribution in [1.82, 2.24) is 10.3 Å². The first-order chi connectivity index (χ1) is 13.9. The quantitative estimate of drug-likeness (QED) is 0.809. The molecule has 0 spiro atoms. The van der Waals surface area contributed by atoms with Gasteiger partial charge in [-0.1, -0.05) is 12.1 Å². The normalized spacial score (nSPS) is 21.0. The highest BCUT2D eigenvalue weighted by Gasteiger charge is 2.41. The van der Waals surface area contributed by atoms with Gasteiger partial charge in [0.2, 0.25) is 0 Å². The average molecular weight is 402 g/mol. The van der Waals surface area contributed by atoms with E-state index >= 15 is 0 Å². The molecule has 1 atom stereocenters. The summed E-state index contributed by atoms with van der Waals surface area (Å²) in [6, 6.07) is 8.82. The largest absolute Gasteiger partial charge is 0.416 e. The molecule has 2 aliphatic heterocycles. The summed E-state index contributed by atoms with van der Waals surface area (Å²) in [6.07, 6.45) is -0.463. The number of carbonyl (C=O) groups is 1. The summed E-state index contributed by atoms with van der Waals surface area (Å²) in [6.45, 7) is 1.60. The second-order valence-electron chi connectivity index (χ2n) is 7.95. The molecule has 29 heavy (non-hydrogen) atoms. The lowest BCUT2D eigenvalue weighted by atomic mass is 9.93. The Bertz CT molecular complexity index is 957. The van der Waals surface area contributed by atoms with Gasteiger partial charge in [0.15, 0.2) is 5.82 Å². The molecule has 5 nitrogen and oxygen atoms in total. The lowest BCUT2D eigenvalue weighted by Gasteiger charge is -2.38. The van der Waals surface area contributed by atoms with Gasteiger partial charge >= 0.3 is 12.2 Å². The molecule has 2 fully saturated rings. The van der Waals surface area contributed by atoms with Crippen LogP contribution in [0, 0.1) is 0 Å². The number of anilines is 2. The SMILES string of the molecule is O=C(NC1CCC1)N1c2nc(-c3cccc(C(F)(F)F)c3)ccc2N2CC[C@H]1C2. The Morgan fingerprint density at radius 1 is 1.14 bits per heavy atom. The predicted molar refractivity (Wildman–Crippen MR) is 104 cm³/mol. The molecule has 0 unspecified atom stereocenters. The molecule has 3 aliphatic rings. The van der Waals surface area contributed by atoms with Crippen LogP contribution >= 0.6 is 0 Å². The van der Waals surface area contributed by atoms with Gasteiger partial charge in [-0.15, -0.1) is 0 Å². The van der Waals surface area contributed by atoms with E-state index in [2.05, 4.69) is 15.2 Å². The Hall–Kier alpha value is -2.77. The van der Waals surface area contributed by atoms with Gasteiger partial charge in [-0.2, -0.15) is 13.2 Å². The molecule has 0 radical (unpaired) electrons. The molecule has 5 rings (SSSR count). The minimum absolute atomic E-state index is 0.0341. The summed E-state index contributed by atoms with van der Waals surface area (Å²) < 4.78 is 39.3. The number of urea groups is 1. The molecule has 8 heteroatoms. The molecule has 2 bridgehead atoms. The molecule has 2 aromatic rings. The van der Waals surface area contributed by atoms with Crippen molar-refractivity contribution in [2.24, 2.45) is 0 Å². The van der Waals surface area contributed by atoms with E-state index in [-0.39, 0.29) is 18.1 Å². The van der Waals surface area contributed by atoms with Crippen molar-refractivity contribution in [1.29, 1.82) is 0 Å². The molecular weight excluding hydrogens is 381 g/mol. The maximum atomic E-state index is 13.1. The number of aromatic nitrogens is 1. The van der Waals surface area contributed by atoms with Crippen molar-refractivity contribution in [3.63, 3.8) is 0 Å². The molecule has 1 saturated carbocycles. The number of rotatable bonds is 2. The van der Waals surface area contributed by atoms with E-state index in [9.17, 15) is 18.0 Å². The summed E-state index contributed by atoms with van der Waals surface area (Å²) in [7, 11) is 0. The Balaban J connectivity index is 1.53. The van der Waals surface area contributed by atoms with Gasteiger partial charge in [-0.05, 0) is 49.9 Å². The van der Waals surface area contributed by atoms with Gasteiger partial charge in [-0.25, -0.2) is 9.78 Å². The Morgan fingerprint density at radius 2 is 1.97 bits per heavy atom. The minimum Gasteiger partial charge on any atom is -0.366 e. The maximum Gasteiger partial charge on any atom is 0.416 e. The second-order valence-corrected chi connectivity index (χ2v) is 7.95. The van der Waals surface area contributed by atoms with Gasteiger partial charge in [0, 0.05) is 24.7 Å². The molecule has 152 valence electrons. The zero-order chi connectivity index (χ0) is 20.2. The number of hydrogen-bond donors (Lipinski definition) is 1. The van der Waals surface area contributed by atoms with Crippen molar-refractivity contribution in [2.45, 2.75) is 43.9 Å².